The Morgan fingerprint density at radius 1 is 1.12 bits per heavy atom. The van der Waals surface area contributed by atoms with Gasteiger partial charge in [-0.15, -0.1) is 16.4 Å². The summed E-state index contributed by atoms with van der Waals surface area (Å²) < 4.78 is 28.5. The van der Waals surface area contributed by atoms with Crippen molar-refractivity contribution in [2.75, 3.05) is 5.73 Å². The van der Waals surface area contributed by atoms with Gasteiger partial charge in [0, 0.05) is 22.0 Å². The summed E-state index contributed by atoms with van der Waals surface area (Å²) in [6, 6.07) is 10.3. The molecule has 4 rings (SSSR count). The van der Waals surface area contributed by atoms with Crippen LogP contribution in [0.1, 0.15) is 0 Å². The highest BCUT2D eigenvalue weighted by atomic mass is 35.5. The van der Waals surface area contributed by atoms with Crippen molar-refractivity contribution < 1.29 is 8.78 Å². The first-order valence-corrected chi connectivity index (χ1v) is 8.68. The van der Waals surface area contributed by atoms with Crippen LogP contribution in [0.4, 0.5) is 14.6 Å². The van der Waals surface area contributed by atoms with E-state index < -0.39 is 11.6 Å². The summed E-state index contributed by atoms with van der Waals surface area (Å²) in [6.07, 6.45) is 0. The molecule has 4 aromatic rings. The fourth-order valence-electron chi connectivity index (χ4n) is 2.44. The van der Waals surface area contributed by atoms with Crippen LogP contribution in [0.15, 0.2) is 47.8 Å². The second kappa shape index (κ2) is 6.47. The molecule has 26 heavy (non-hydrogen) atoms. The molecule has 0 aliphatic carbocycles. The summed E-state index contributed by atoms with van der Waals surface area (Å²) in [5, 5.41) is 10.7. The molecular formula is C17H10ClF2N5S. The van der Waals surface area contributed by atoms with Crippen LogP contribution in [0.3, 0.4) is 0 Å². The molecule has 0 aliphatic heterocycles. The van der Waals surface area contributed by atoms with E-state index >= 15 is 0 Å². The lowest BCUT2D eigenvalue weighted by Crippen LogP contribution is -2.05. The van der Waals surface area contributed by atoms with Gasteiger partial charge in [-0.05, 0) is 18.2 Å². The molecular weight excluding hydrogens is 380 g/mol. The number of halogens is 3. The summed E-state index contributed by atoms with van der Waals surface area (Å²) in [5.41, 5.74) is 7.67. The fraction of sp³-hybridized carbons (Fsp3) is 0. The summed E-state index contributed by atoms with van der Waals surface area (Å²) in [5.74, 6) is -1.20. The Bertz CT molecular complexity index is 1110. The van der Waals surface area contributed by atoms with Crippen LogP contribution in [-0.2, 0) is 0 Å². The number of hydrogen-bond donors (Lipinski definition) is 1. The van der Waals surface area contributed by atoms with E-state index in [-0.39, 0.29) is 17.2 Å². The normalized spacial score (nSPS) is 11.0. The van der Waals surface area contributed by atoms with E-state index in [0.717, 1.165) is 28.4 Å². The average molecular weight is 390 g/mol. The maximum Gasteiger partial charge on any atom is 0.165 e. The molecule has 0 fully saturated rings. The number of aromatic nitrogens is 4. The first-order chi connectivity index (χ1) is 12.5. The number of rotatable bonds is 3. The Morgan fingerprint density at radius 2 is 1.92 bits per heavy atom. The third kappa shape index (κ3) is 2.83. The number of nitrogens with two attached hydrogens (primary N) is 1. The average Bonchev–Trinajstić information content (AvgIpc) is 3.24. The molecule has 9 heteroatoms. The van der Waals surface area contributed by atoms with Gasteiger partial charge >= 0.3 is 0 Å². The zero-order chi connectivity index (χ0) is 18.3. The highest BCUT2D eigenvalue weighted by Crippen LogP contribution is 2.34. The van der Waals surface area contributed by atoms with E-state index in [1.165, 1.54) is 11.3 Å². The predicted molar refractivity (Wildman–Crippen MR) is 97.2 cm³/mol. The number of nitrogens with zero attached hydrogens (tertiary/aromatic N) is 4. The molecule has 2 aromatic carbocycles. The number of nitrogen functional groups attached to an aromatic ring is 1. The Hall–Kier alpha value is -2.84. The first-order valence-electron chi connectivity index (χ1n) is 7.42. The molecule has 5 nitrogen and oxygen atoms in total. The maximum atomic E-state index is 14.0. The molecule has 0 saturated carbocycles. The van der Waals surface area contributed by atoms with Crippen molar-refractivity contribution in [2.24, 2.45) is 0 Å². The summed E-state index contributed by atoms with van der Waals surface area (Å²) >= 11 is 7.50. The Balaban J connectivity index is 1.76. The molecule has 0 spiro atoms. The number of benzene rings is 2. The minimum absolute atomic E-state index is 0.0644. The van der Waals surface area contributed by atoms with Gasteiger partial charge in [0.1, 0.15) is 22.3 Å². The molecule has 130 valence electrons. The molecule has 0 saturated heterocycles. The topological polar surface area (TPSA) is 69.6 Å². The molecule has 2 heterocycles. The van der Waals surface area contributed by atoms with Crippen molar-refractivity contribution in [3.8, 4) is 27.6 Å². The monoisotopic (exact) mass is 389 g/mol. The van der Waals surface area contributed by atoms with E-state index in [2.05, 4.69) is 15.3 Å². The highest BCUT2D eigenvalue weighted by Gasteiger charge is 2.19. The van der Waals surface area contributed by atoms with E-state index in [4.69, 9.17) is 17.3 Å². The third-order valence-corrected chi connectivity index (χ3v) is 4.88. The molecule has 0 aliphatic rings. The van der Waals surface area contributed by atoms with Crippen LogP contribution in [0.5, 0.6) is 0 Å². The van der Waals surface area contributed by atoms with Crippen molar-refractivity contribution in [1.82, 2.24) is 20.0 Å². The van der Waals surface area contributed by atoms with Crippen molar-refractivity contribution in [3.05, 3.63) is 64.5 Å². The SMILES string of the molecule is Nc1c(-c2nc(-c3ccccc3Cl)cs2)nnn1-c1cc(F)ccc1F. The van der Waals surface area contributed by atoms with Crippen molar-refractivity contribution >= 4 is 28.8 Å². The van der Waals surface area contributed by atoms with Gasteiger partial charge < -0.3 is 5.73 Å². The van der Waals surface area contributed by atoms with Gasteiger partial charge in [0.25, 0.3) is 0 Å². The lowest BCUT2D eigenvalue weighted by Gasteiger charge is -2.04. The quantitative estimate of drug-likeness (QED) is 0.557. The summed E-state index contributed by atoms with van der Waals surface area (Å²) in [7, 11) is 0. The van der Waals surface area contributed by atoms with E-state index in [9.17, 15) is 8.78 Å². The van der Waals surface area contributed by atoms with Gasteiger partial charge in [-0.1, -0.05) is 35.0 Å². The highest BCUT2D eigenvalue weighted by molar-refractivity contribution is 7.13. The van der Waals surface area contributed by atoms with Gasteiger partial charge in [0.2, 0.25) is 0 Å². The Kier molecular flexibility index (Phi) is 4.14. The van der Waals surface area contributed by atoms with Gasteiger partial charge in [-0.2, -0.15) is 4.68 Å². The predicted octanol–water partition coefficient (Wildman–Crippen LogP) is 4.57. The summed E-state index contributed by atoms with van der Waals surface area (Å²) in [4.78, 5) is 4.49. The van der Waals surface area contributed by atoms with Crippen molar-refractivity contribution in [1.29, 1.82) is 0 Å². The standard InChI is InChI=1S/C17H10ClF2N5S/c18-11-4-2-1-3-10(11)13-8-26-17(22-13)15-16(21)25(24-23-15)14-7-9(19)5-6-12(14)20/h1-8H,21H2. The Labute approximate surface area is 155 Å². The van der Waals surface area contributed by atoms with Gasteiger partial charge in [-0.3, -0.25) is 0 Å². The second-order valence-electron chi connectivity index (χ2n) is 5.35. The lowest BCUT2D eigenvalue weighted by atomic mass is 10.2. The zero-order valence-electron chi connectivity index (χ0n) is 13.0. The smallest absolute Gasteiger partial charge is 0.165 e. The van der Waals surface area contributed by atoms with Crippen molar-refractivity contribution in [2.45, 2.75) is 0 Å². The molecule has 0 radical (unpaired) electrons. The molecule has 2 aromatic heterocycles. The summed E-state index contributed by atoms with van der Waals surface area (Å²) in [6.45, 7) is 0. The maximum absolute atomic E-state index is 14.0. The van der Waals surface area contributed by atoms with Crippen LogP contribution in [0.25, 0.3) is 27.6 Å². The van der Waals surface area contributed by atoms with E-state index in [0.29, 0.717) is 15.7 Å². The van der Waals surface area contributed by atoms with Crippen molar-refractivity contribution in [3.63, 3.8) is 0 Å². The van der Waals surface area contributed by atoms with Crippen LogP contribution in [0, 0.1) is 11.6 Å². The molecule has 0 atom stereocenters. The lowest BCUT2D eigenvalue weighted by molar-refractivity contribution is 0.585. The third-order valence-electron chi connectivity index (χ3n) is 3.70. The molecule has 0 bridgehead atoms. The minimum atomic E-state index is -0.662. The minimum Gasteiger partial charge on any atom is -0.382 e. The first kappa shape index (κ1) is 16.6. The molecule has 2 N–H and O–H groups in total. The van der Waals surface area contributed by atoms with E-state index in [1.54, 1.807) is 6.07 Å². The number of hydrogen-bond acceptors (Lipinski definition) is 5. The number of anilines is 1. The Morgan fingerprint density at radius 3 is 2.73 bits per heavy atom. The van der Waals surface area contributed by atoms with Crippen LogP contribution in [0.2, 0.25) is 5.02 Å². The number of thiazole rings is 1. The second-order valence-corrected chi connectivity index (χ2v) is 6.61. The van der Waals surface area contributed by atoms with Crippen LogP contribution >= 0.6 is 22.9 Å². The zero-order valence-corrected chi connectivity index (χ0v) is 14.6. The van der Waals surface area contributed by atoms with Gasteiger partial charge in [0.05, 0.1) is 5.69 Å². The molecule has 0 amide bonds. The fourth-order valence-corrected chi connectivity index (χ4v) is 3.49. The van der Waals surface area contributed by atoms with E-state index in [1.807, 2.05) is 23.6 Å². The van der Waals surface area contributed by atoms with Crippen LogP contribution in [-0.4, -0.2) is 20.0 Å². The molecule has 0 unspecified atom stereocenters. The van der Waals surface area contributed by atoms with Crippen LogP contribution < -0.4 is 5.73 Å². The largest absolute Gasteiger partial charge is 0.382 e. The van der Waals surface area contributed by atoms with Gasteiger partial charge in [-0.25, -0.2) is 13.8 Å². The van der Waals surface area contributed by atoms with Gasteiger partial charge in [0.15, 0.2) is 11.5 Å².